The normalized spacial score (nSPS) is 13.9. The van der Waals surface area contributed by atoms with Crippen molar-refractivity contribution >= 4 is 34.2 Å². The molecule has 2 aromatic carbocycles. The Hall–Kier alpha value is -4.72. The molecule has 0 unspecified atom stereocenters. The molecule has 0 saturated heterocycles. The number of anilines is 1. The standard InChI is InChI=1S/C25H27NO.C7H7N5O/c1-2-22-18-21-13-9-12-20(17-16-19-10-5-3-6-11-19)24(21)25(27)26(22)23-14-7-4-8-15-23;8-5-4(6(9)13)7-10-2-1-3-12(7)11-5/h4,7-9,12-19H,2-3,5-6,10-11H2,1H3;1-3H,(H2,8,11)(H2,9,13)/b17-16+;. The molecule has 204 valence electrons. The molecule has 3 heterocycles. The summed E-state index contributed by atoms with van der Waals surface area (Å²) in [7, 11) is 0. The average Bonchev–Trinajstić information content (AvgIpc) is 3.33. The molecule has 1 amide bonds. The number of pyridine rings is 1. The van der Waals surface area contributed by atoms with Crippen molar-refractivity contribution in [3.63, 3.8) is 0 Å². The predicted octanol–water partition coefficient (Wildman–Crippen LogP) is 5.56. The number of carbonyl (C=O) groups excluding carboxylic acids is 1. The van der Waals surface area contributed by atoms with Crippen molar-refractivity contribution in [2.45, 2.75) is 45.4 Å². The molecule has 5 aromatic rings. The van der Waals surface area contributed by atoms with Crippen LogP contribution in [0.1, 0.15) is 60.6 Å². The number of fused-ring (bicyclic) bond motifs is 2. The summed E-state index contributed by atoms with van der Waals surface area (Å²) in [6, 6.07) is 20.0. The van der Waals surface area contributed by atoms with E-state index in [-0.39, 0.29) is 16.9 Å². The minimum absolute atomic E-state index is 0.0828. The Morgan fingerprint density at radius 1 is 1.05 bits per heavy atom. The van der Waals surface area contributed by atoms with Crippen molar-refractivity contribution in [2.75, 3.05) is 5.73 Å². The Balaban J connectivity index is 0.000000207. The van der Waals surface area contributed by atoms with Crippen molar-refractivity contribution in [2.24, 2.45) is 11.7 Å². The number of rotatable bonds is 5. The Kier molecular flexibility index (Phi) is 8.05. The van der Waals surface area contributed by atoms with Gasteiger partial charge in [-0.25, -0.2) is 9.50 Å². The van der Waals surface area contributed by atoms with E-state index in [1.165, 1.54) is 36.6 Å². The van der Waals surface area contributed by atoms with Gasteiger partial charge in [-0.2, -0.15) is 0 Å². The number of carbonyl (C=O) groups is 1. The van der Waals surface area contributed by atoms with Crippen molar-refractivity contribution in [1.82, 2.24) is 19.2 Å². The van der Waals surface area contributed by atoms with Crippen molar-refractivity contribution in [1.29, 1.82) is 0 Å². The van der Waals surface area contributed by atoms with Gasteiger partial charge in [-0.15, -0.1) is 5.10 Å². The Labute approximate surface area is 233 Å². The topological polar surface area (TPSA) is 121 Å². The SMILES string of the molecule is CCc1cc2cccc(/C=C/C3CCCCC3)c2c(=O)n1-c1ccccc1.NC(=O)c1c(N)nn2cccnc12. The van der Waals surface area contributed by atoms with Gasteiger partial charge in [0.2, 0.25) is 0 Å². The van der Waals surface area contributed by atoms with Crippen molar-refractivity contribution in [3.05, 3.63) is 106 Å². The van der Waals surface area contributed by atoms with Crippen LogP contribution in [-0.2, 0) is 6.42 Å². The Morgan fingerprint density at radius 3 is 2.55 bits per heavy atom. The number of nitrogens with zero attached hydrogens (tertiary/aromatic N) is 4. The maximum absolute atomic E-state index is 13.5. The molecule has 40 heavy (non-hydrogen) atoms. The summed E-state index contributed by atoms with van der Waals surface area (Å²) in [6.07, 6.45) is 15.1. The van der Waals surface area contributed by atoms with E-state index in [9.17, 15) is 9.59 Å². The number of amides is 1. The van der Waals surface area contributed by atoms with Gasteiger partial charge in [-0.1, -0.05) is 74.7 Å². The number of allylic oxidation sites excluding steroid dienone is 1. The number of primary amides is 1. The highest BCUT2D eigenvalue weighted by Gasteiger charge is 2.16. The third-order valence-electron chi connectivity index (χ3n) is 7.40. The van der Waals surface area contributed by atoms with E-state index in [1.54, 1.807) is 18.5 Å². The zero-order valence-electron chi connectivity index (χ0n) is 22.7. The van der Waals surface area contributed by atoms with Crippen LogP contribution >= 0.6 is 0 Å². The lowest BCUT2D eigenvalue weighted by molar-refractivity contribution is 0.100. The quantitative estimate of drug-likeness (QED) is 0.306. The van der Waals surface area contributed by atoms with Crippen LogP contribution in [0, 0.1) is 5.92 Å². The first kappa shape index (κ1) is 26.9. The zero-order valence-corrected chi connectivity index (χ0v) is 22.7. The molecule has 0 radical (unpaired) electrons. The first-order valence-corrected chi connectivity index (χ1v) is 13.8. The van der Waals surface area contributed by atoms with Crippen LogP contribution in [0.15, 0.2) is 83.9 Å². The molecule has 8 heteroatoms. The van der Waals surface area contributed by atoms with Crippen LogP contribution in [0.4, 0.5) is 5.82 Å². The van der Waals surface area contributed by atoms with Gasteiger partial charge in [0.05, 0.1) is 5.39 Å². The fourth-order valence-electron chi connectivity index (χ4n) is 5.41. The largest absolute Gasteiger partial charge is 0.381 e. The summed E-state index contributed by atoms with van der Waals surface area (Å²) in [6.45, 7) is 2.10. The number of nitrogens with two attached hydrogens (primary N) is 2. The second kappa shape index (κ2) is 12.0. The second-order valence-electron chi connectivity index (χ2n) is 10.0. The first-order valence-electron chi connectivity index (χ1n) is 13.8. The molecule has 0 spiro atoms. The summed E-state index contributed by atoms with van der Waals surface area (Å²) in [5.74, 6) is 0.137. The molecule has 1 aliphatic carbocycles. The monoisotopic (exact) mass is 534 g/mol. The highest BCUT2D eigenvalue weighted by Crippen LogP contribution is 2.27. The van der Waals surface area contributed by atoms with Gasteiger partial charge in [0.25, 0.3) is 11.5 Å². The zero-order chi connectivity index (χ0) is 28.1. The van der Waals surface area contributed by atoms with E-state index in [4.69, 9.17) is 11.5 Å². The number of para-hydroxylation sites is 1. The molecular formula is C32H34N6O2. The summed E-state index contributed by atoms with van der Waals surface area (Å²) < 4.78 is 3.29. The Morgan fingerprint density at radius 2 is 1.82 bits per heavy atom. The third kappa shape index (κ3) is 5.52. The van der Waals surface area contributed by atoms with Crippen molar-refractivity contribution < 1.29 is 4.79 Å². The number of nitrogen functional groups attached to an aromatic ring is 1. The second-order valence-corrected chi connectivity index (χ2v) is 10.0. The summed E-state index contributed by atoms with van der Waals surface area (Å²) in [5, 5.41) is 5.73. The van der Waals surface area contributed by atoms with E-state index in [0.29, 0.717) is 11.6 Å². The molecule has 8 nitrogen and oxygen atoms in total. The number of benzene rings is 2. The molecule has 1 saturated carbocycles. The summed E-state index contributed by atoms with van der Waals surface area (Å²) >= 11 is 0. The average molecular weight is 535 g/mol. The molecule has 0 aliphatic heterocycles. The molecule has 1 fully saturated rings. The van der Waals surface area contributed by atoms with Crippen LogP contribution in [0.25, 0.3) is 28.2 Å². The summed E-state index contributed by atoms with van der Waals surface area (Å²) in [5.41, 5.74) is 14.2. The van der Waals surface area contributed by atoms with Crippen molar-refractivity contribution in [3.8, 4) is 5.69 Å². The number of aromatic nitrogens is 4. The maximum Gasteiger partial charge on any atom is 0.263 e. The maximum atomic E-state index is 13.5. The number of hydrogen-bond donors (Lipinski definition) is 2. The van der Waals surface area contributed by atoms with Gasteiger partial charge in [0.1, 0.15) is 5.56 Å². The number of aryl methyl sites for hydroxylation is 1. The van der Waals surface area contributed by atoms with E-state index in [1.807, 2.05) is 34.9 Å². The third-order valence-corrected chi connectivity index (χ3v) is 7.40. The molecule has 3 aromatic heterocycles. The smallest absolute Gasteiger partial charge is 0.263 e. The van der Waals surface area contributed by atoms with E-state index in [2.05, 4.69) is 53.4 Å². The van der Waals surface area contributed by atoms with Crippen LogP contribution in [0.3, 0.4) is 0 Å². The van der Waals surface area contributed by atoms with Crippen LogP contribution in [-0.4, -0.2) is 25.1 Å². The summed E-state index contributed by atoms with van der Waals surface area (Å²) in [4.78, 5) is 28.4. The van der Waals surface area contributed by atoms with Crippen LogP contribution < -0.4 is 17.0 Å². The first-order chi connectivity index (χ1) is 19.5. The van der Waals surface area contributed by atoms with Gasteiger partial charge in [0.15, 0.2) is 11.5 Å². The van der Waals surface area contributed by atoms with Gasteiger partial charge >= 0.3 is 0 Å². The minimum Gasteiger partial charge on any atom is -0.381 e. The van der Waals surface area contributed by atoms with Gasteiger partial charge < -0.3 is 11.5 Å². The van der Waals surface area contributed by atoms with E-state index in [0.717, 1.165) is 34.1 Å². The molecule has 4 N–H and O–H groups in total. The van der Waals surface area contributed by atoms with Crippen LogP contribution in [0.2, 0.25) is 0 Å². The fourth-order valence-corrected chi connectivity index (χ4v) is 5.41. The highest BCUT2D eigenvalue weighted by atomic mass is 16.1. The Bertz CT molecular complexity index is 1730. The molecule has 6 rings (SSSR count). The van der Waals surface area contributed by atoms with Gasteiger partial charge in [-0.05, 0) is 60.4 Å². The minimum atomic E-state index is -0.619. The predicted molar refractivity (Wildman–Crippen MR) is 160 cm³/mol. The van der Waals surface area contributed by atoms with Gasteiger partial charge in [0, 0.05) is 23.8 Å². The lowest BCUT2D eigenvalue weighted by Gasteiger charge is -2.18. The van der Waals surface area contributed by atoms with Gasteiger partial charge in [-0.3, -0.25) is 14.2 Å². The number of hydrogen-bond acceptors (Lipinski definition) is 5. The van der Waals surface area contributed by atoms with E-state index >= 15 is 0 Å². The molecule has 0 atom stereocenters. The lowest BCUT2D eigenvalue weighted by Crippen LogP contribution is -2.22. The molecule has 0 bridgehead atoms. The highest BCUT2D eigenvalue weighted by molar-refractivity contribution is 6.03. The lowest BCUT2D eigenvalue weighted by atomic mass is 9.88. The van der Waals surface area contributed by atoms with E-state index < -0.39 is 5.91 Å². The van der Waals surface area contributed by atoms with Crippen LogP contribution in [0.5, 0.6) is 0 Å². The molecular weight excluding hydrogens is 500 g/mol. The molecule has 1 aliphatic rings. The fraction of sp³-hybridized carbons (Fsp3) is 0.250.